The number of methoxy groups -OCH3 is 1. The Labute approximate surface area is 129 Å². The van der Waals surface area contributed by atoms with Gasteiger partial charge in [0.1, 0.15) is 5.75 Å². The number of ether oxygens (including phenoxy) is 1. The van der Waals surface area contributed by atoms with Gasteiger partial charge in [0.05, 0.1) is 19.3 Å². The van der Waals surface area contributed by atoms with Crippen LogP contribution in [0.25, 0.3) is 0 Å². The first-order valence-electron chi connectivity index (χ1n) is 6.49. The average Bonchev–Trinajstić information content (AvgIpc) is 2.48. The molecule has 2 aromatic carbocycles. The molecule has 2 aromatic rings. The molecule has 0 aromatic heterocycles. The largest absolute Gasteiger partial charge is 0.495 e. The van der Waals surface area contributed by atoms with Gasteiger partial charge in [-0.05, 0) is 30.3 Å². The summed E-state index contributed by atoms with van der Waals surface area (Å²) in [6, 6.07) is 14.8. The maximum Gasteiger partial charge on any atom is 0.243 e. The number of likely N-dealkylation sites (N-methyl/N-ethyl adjacent to an activating group) is 1. The van der Waals surface area contributed by atoms with Crippen molar-refractivity contribution in [3.63, 3.8) is 0 Å². The number of carbonyl (C=O) groups excluding carboxylic acids is 1. The lowest BCUT2D eigenvalue weighted by Gasteiger charge is -2.19. The van der Waals surface area contributed by atoms with Crippen molar-refractivity contribution in [3.05, 3.63) is 53.6 Å². The summed E-state index contributed by atoms with van der Waals surface area (Å²) in [7, 11) is 3.42. The molecule has 0 spiro atoms. The van der Waals surface area contributed by atoms with Crippen LogP contribution < -0.4 is 15.0 Å². The molecule has 0 heterocycles. The molecule has 0 aliphatic heterocycles. The monoisotopic (exact) mass is 304 g/mol. The number of para-hydroxylation sites is 1. The molecular formula is C16H17ClN2O2. The van der Waals surface area contributed by atoms with E-state index < -0.39 is 0 Å². The van der Waals surface area contributed by atoms with Crippen LogP contribution >= 0.6 is 11.6 Å². The highest BCUT2D eigenvalue weighted by Crippen LogP contribution is 2.27. The van der Waals surface area contributed by atoms with Gasteiger partial charge in [-0.1, -0.05) is 29.8 Å². The quantitative estimate of drug-likeness (QED) is 0.920. The fourth-order valence-corrected chi connectivity index (χ4v) is 2.13. The summed E-state index contributed by atoms with van der Waals surface area (Å²) in [5.74, 6) is 0.442. The van der Waals surface area contributed by atoms with Crippen LogP contribution in [0.5, 0.6) is 5.75 Å². The van der Waals surface area contributed by atoms with E-state index in [1.54, 1.807) is 25.3 Å². The lowest BCUT2D eigenvalue weighted by Crippen LogP contribution is -2.30. The summed E-state index contributed by atoms with van der Waals surface area (Å²) in [6.45, 7) is 0.236. The van der Waals surface area contributed by atoms with Gasteiger partial charge in [0.15, 0.2) is 0 Å². The van der Waals surface area contributed by atoms with E-state index in [2.05, 4.69) is 5.32 Å². The first-order valence-corrected chi connectivity index (χ1v) is 6.87. The summed E-state index contributed by atoms with van der Waals surface area (Å²) >= 11 is 5.94. The number of anilines is 2. The molecule has 2 rings (SSSR count). The molecule has 0 fully saturated rings. The van der Waals surface area contributed by atoms with Gasteiger partial charge in [-0.25, -0.2) is 0 Å². The van der Waals surface area contributed by atoms with Gasteiger partial charge in [0.25, 0.3) is 0 Å². The number of amides is 1. The van der Waals surface area contributed by atoms with Crippen LogP contribution in [0, 0.1) is 0 Å². The van der Waals surface area contributed by atoms with Gasteiger partial charge >= 0.3 is 0 Å². The lowest BCUT2D eigenvalue weighted by atomic mass is 10.2. The highest BCUT2D eigenvalue weighted by atomic mass is 35.5. The molecule has 0 radical (unpaired) electrons. The second-order valence-corrected chi connectivity index (χ2v) is 5.02. The van der Waals surface area contributed by atoms with Crippen LogP contribution in [0.2, 0.25) is 5.02 Å². The first kappa shape index (κ1) is 15.2. The SMILES string of the molecule is COc1ccc(Cl)cc1NC(=O)CN(C)c1ccccc1. The highest BCUT2D eigenvalue weighted by Gasteiger charge is 2.11. The second-order valence-electron chi connectivity index (χ2n) is 4.58. The van der Waals surface area contributed by atoms with Crippen LogP contribution in [0.3, 0.4) is 0 Å². The Morgan fingerprint density at radius 1 is 1.24 bits per heavy atom. The van der Waals surface area contributed by atoms with Crippen LogP contribution in [-0.2, 0) is 4.79 Å². The maximum absolute atomic E-state index is 12.1. The Hall–Kier alpha value is -2.20. The van der Waals surface area contributed by atoms with E-state index in [9.17, 15) is 4.79 Å². The first-order chi connectivity index (χ1) is 10.1. The normalized spacial score (nSPS) is 10.0. The second kappa shape index (κ2) is 6.99. The number of halogens is 1. The number of carbonyl (C=O) groups is 1. The van der Waals surface area contributed by atoms with Crippen LogP contribution in [0.1, 0.15) is 0 Å². The molecule has 5 heteroatoms. The number of hydrogen-bond acceptors (Lipinski definition) is 3. The van der Waals surface area contributed by atoms with Crippen molar-refractivity contribution < 1.29 is 9.53 Å². The minimum absolute atomic E-state index is 0.137. The van der Waals surface area contributed by atoms with Crippen LogP contribution in [-0.4, -0.2) is 26.6 Å². The van der Waals surface area contributed by atoms with E-state index >= 15 is 0 Å². The van der Waals surface area contributed by atoms with Crippen LogP contribution in [0.4, 0.5) is 11.4 Å². The third kappa shape index (κ3) is 4.13. The van der Waals surface area contributed by atoms with Crippen molar-refractivity contribution in [2.24, 2.45) is 0 Å². The minimum Gasteiger partial charge on any atom is -0.495 e. The van der Waals surface area contributed by atoms with E-state index in [0.717, 1.165) is 5.69 Å². The Balaban J connectivity index is 2.04. The summed E-state index contributed by atoms with van der Waals surface area (Å²) in [5, 5.41) is 3.36. The summed E-state index contributed by atoms with van der Waals surface area (Å²) < 4.78 is 5.20. The zero-order valence-electron chi connectivity index (χ0n) is 12.0. The standard InChI is InChI=1S/C16H17ClN2O2/c1-19(13-6-4-3-5-7-13)11-16(20)18-14-10-12(17)8-9-15(14)21-2/h3-10H,11H2,1-2H3,(H,18,20). The van der Waals surface area contributed by atoms with Gasteiger partial charge < -0.3 is 15.0 Å². The van der Waals surface area contributed by atoms with Crippen molar-refractivity contribution in [1.29, 1.82) is 0 Å². The van der Waals surface area contributed by atoms with E-state index in [0.29, 0.717) is 16.5 Å². The molecule has 0 bridgehead atoms. The Bertz CT molecular complexity index is 617. The van der Waals surface area contributed by atoms with Crippen molar-refractivity contribution in [3.8, 4) is 5.75 Å². The van der Waals surface area contributed by atoms with Gasteiger partial charge in [-0.15, -0.1) is 0 Å². The predicted molar refractivity (Wildman–Crippen MR) is 86.3 cm³/mol. The van der Waals surface area contributed by atoms with Crippen molar-refractivity contribution in [2.75, 3.05) is 30.9 Å². The summed E-state index contributed by atoms with van der Waals surface area (Å²) in [6.07, 6.45) is 0. The van der Waals surface area contributed by atoms with E-state index in [-0.39, 0.29) is 12.5 Å². The number of nitrogens with zero attached hydrogens (tertiary/aromatic N) is 1. The number of benzene rings is 2. The summed E-state index contributed by atoms with van der Waals surface area (Å²) in [4.78, 5) is 14.0. The molecule has 0 unspecified atom stereocenters. The van der Waals surface area contributed by atoms with Crippen LogP contribution in [0.15, 0.2) is 48.5 Å². The molecule has 0 aliphatic carbocycles. The summed E-state index contributed by atoms with van der Waals surface area (Å²) in [5.41, 5.74) is 1.54. The zero-order chi connectivity index (χ0) is 15.2. The van der Waals surface area contributed by atoms with Gasteiger partial charge in [0.2, 0.25) is 5.91 Å². The number of nitrogens with one attached hydrogen (secondary N) is 1. The van der Waals surface area contributed by atoms with Gasteiger partial charge in [0, 0.05) is 17.8 Å². The molecule has 1 N–H and O–H groups in total. The van der Waals surface area contributed by atoms with E-state index in [4.69, 9.17) is 16.3 Å². The fraction of sp³-hybridized carbons (Fsp3) is 0.188. The minimum atomic E-state index is -0.137. The van der Waals surface area contributed by atoms with Gasteiger partial charge in [-0.3, -0.25) is 4.79 Å². The predicted octanol–water partition coefficient (Wildman–Crippen LogP) is 3.42. The van der Waals surface area contributed by atoms with Crippen molar-refractivity contribution in [2.45, 2.75) is 0 Å². The molecule has 21 heavy (non-hydrogen) atoms. The van der Waals surface area contributed by atoms with Crippen molar-refractivity contribution in [1.82, 2.24) is 0 Å². The fourth-order valence-electron chi connectivity index (χ4n) is 1.96. The lowest BCUT2D eigenvalue weighted by molar-refractivity contribution is -0.114. The number of rotatable bonds is 5. The zero-order valence-corrected chi connectivity index (χ0v) is 12.7. The van der Waals surface area contributed by atoms with E-state index in [1.807, 2.05) is 42.3 Å². The number of hydrogen-bond donors (Lipinski definition) is 1. The molecular weight excluding hydrogens is 288 g/mol. The third-order valence-corrected chi connectivity index (χ3v) is 3.25. The Kier molecular flexibility index (Phi) is 5.06. The topological polar surface area (TPSA) is 41.6 Å². The smallest absolute Gasteiger partial charge is 0.243 e. The van der Waals surface area contributed by atoms with Crippen molar-refractivity contribution >= 4 is 28.9 Å². The molecule has 0 aliphatic rings. The molecule has 1 amide bonds. The molecule has 110 valence electrons. The maximum atomic E-state index is 12.1. The Morgan fingerprint density at radius 2 is 1.95 bits per heavy atom. The van der Waals surface area contributed by atoms with Gasteiger partial charge in [-0.2, -0.15) is 0 Å². The third-order valence-electron chi connectivity index (χ3n) is 3.01. The molecule has 0 saturated heterocycles. The molecule has 0 atom stereocenters. The van der Waals surface area contributed by atoms with E-state index in [1.165, 1.54) is 0 Å². The highest BCUT2D eigenvalue weighted by molar-refractivity contribution is 6.31. The Morgan fingerprint density at radius 3 is 2.62 bits per heavy atom. The molecule has 4 nitrogen and oxygen atoms in total. The molecule has 0 saturated carbocycles. The average molecular weight is 305 g/mol.